The smallest absolute Gasteiger partial charge is 0.252 e. The lowest BCUT2D eigenvalue weighted by molar-refractivity contribution is -0.119. The summed E-state index contributed by atoms with van der Waals surface area (Å²) in [4.78, 5) is 23.3. The monoisotopic (exact) mass is 290 g/mol. The Balaban J connectivity index is 2.17. The molecule has 3 N–H and O–H groups in total. The fraction of sp³-hybridized carbons (Fsp3) is 0.333. The first-order chi connectivity index (χ1) is 10.1. The Morgan fingerprint density at radius 2 is 2.33 bits per heavy atom. The molecule has 1 aliphatic heterocycles. The van der Waals surface area contributed by atoms with Gasteiger partial charge in [-0.1, -0.05) is 11.8 Å². The van der Waals surface area contributed by atoms with Crippen LogP contribution in [0.3, 0.4) is 0 Å². The first kappa shape index (κ1) is 15.0. The van der Waals surface area contributed by atoms with Crippen LogP contribution in [0.2, 0.25) is 0 Å². The molecule has 5 nitrogen and oxygen atoms in total. The maximum atomic E-state index is 13.3. The van der Waals surface area contributed by atoms with Gasteiger partial charge in [-0.3, -0.25) is 9.59 Å². The van der Waals surface area contributed by atoms with Crippen molar-refractivity contribution >= 4 is 11.8 Å². The molecule has 0 radical (unpaired) electrons. The molecule has 110 valence electrons. The van der Waals surface area contributed by atoms with Crippen LogP contribution in [-0.2, 0) is 4.79 Å². The molecular weight excluding hydrogens is 275 g/mol. The maximum absolute atomic E-state index is 13.3. The molecular formula is C15H15FN2O3. The molecule has 0 bridgehead atoms. The van der Waals surface area contributed by atoms with Gasteiger partial charge in [0, 0.05) is 24.9 Å². The van der Waals surface area contributed by atoms with Gasteiger partial charge in [-0.2, -0.15) is 0 Å². The average molecular weight is 290 g/mol. The van der Waals surface area contributed by atoms with E-state index in [2.05, 4.69) is 22.5 Å². The molecule has 1 aromatic rings. The van der Waals surface area contributed by atoms with Crippen LogP contribution in [0.5, 0.6) is 0 Å². The number of carbonyl (C=O) groups is 2. The number of hydrogen-bond donors (Lipinski definition) is 3. The van der Waals surface area contributed by atoms with Gasteiger partial charge in [0.15, 0.2) is 0 Å². The fourth-order valence-corrected chi connectivity index (χ4v) is 2.00. The van der Waals surface area contributed by atoms with Crippen molar-refractivity contribution in [1.82, 2.24) is 10.6 Å². The summed E-state index contributed by atoms with van der Waals surface area (Å²) in [5.74, 6) is 4.31. The summed E-state index contributed by atoms with van der Waals surface area (Å²) in [7, 11) is 0. The predicted molar refractivity (Wildman–Crippen MR) is 73.9 cm³/mol. The number of carbonyl (C=O) groups excluding carboxylic acids is 2. The van der Waals surface area contributed by atoms with Gasteiger partial charge in [-0.25, -0.2) is 4.39 Å². The third-order valence-corrected chi connectivity index (χ3v) is 3.00. The summed E-state index contributed by atoms with van der Waals surface area (Å²) in [5, 5.41) is 14.0. The van der Waals surface area contributed by atoms with E-state index in [9.17, 15) is 14.0 Å². The molecule has 21 heavy (non-hydrogen) atoms. The second-order valence-corrected chi connectivity index (χ2v) is 4.64. The van der Waals surface area contributed by atoms with Gasteiger partial charge in [0.2, 0.25) is 5.91 Å². The summed E-state index contributed by atoms with van der Waals surface area (Å²) in [6.45, 7) is 0.289. The summed E-state index contributed by atoms with van der Waals surface area (Å²) in [6, 6.07) is 3.46. The van der Waals surface area contributed by atoms with Crippen molar-refractivity contribution in [3.8, 4) is 11.8 Å². The Morgan fingerprint density at radius 1 is 1.52 bits per heavy atom. The molecule has 1 saturated heterocycles. The average Bonchev–Trinajstić information content (AvgIpc) is 2.86. The van der Waals surface area contributed by atoms with Crippen LogP contribution in [0.4, 0.5) is 4.39 Å². The van der Waals surface area contributed by atoms with Crippen molar-refractivity contribution in [3.05, 3.63) is 35.1 Å². The molecule has 0 aromatic heterocycles. The zero-order chi connectivity index (χ0) is 15.2. The van der Waals surface area contributed by atoms with Crippen LogP contribution >= 0.6 is 0 Å². The quantitative estimate of drug-likeness (QED) is 0.695. The van der Waals surface area contributed by atoms with E-state index in [4.69, 9.17) is 5.11 Å². The number of halogens is 1. The highest BCUT2D eigenvalue weighted by molar-refractivity contribution is 5.97. The molecule has 2 rings (SSSR count). The second-order valence-electron chi connectivity index (χ2n) is 4.64. The summed E-state index contributed by atoms with van der Waals surface area (Å²) < 4.78 is 13.3. The van der Waals surface area contributed by atoms with Crippen LogP contribution < -0.4 is 10.6 Å². The van der Waals surface area contributed by atoms with Gasteiger partial charge >= 0.3 is 0 Å². The van der Waals surface area contributed by atoms with Crippen molar-refractivity contribution in [2.45, 2.75) is 18.9 Å². The summed E-state index contributed by atoms with van der Waals surface area (Å²) in [5.41, 5.74) is 0.513. The van der Waals surface area contributed by atoms with Crippen LogP contribution in [0.15, 0.2) is 18.2 Å². The number of aliphatic hydroxyl groups is 1. The molecule has 2 amide bonds. The number of benzene rings is 1. The van der Waals surface area contributed by atoms with E-state index in [-0.39, 0.29) is 37.0 Å². The fourth-order valence-electron chi connectivity index (χ4n) is 2.00. The first-order valence-electron chi connectivity index (χ1n) is 6.57. The summed E-state index contributed by atoms with van der Waals surface area (Å²) >= 11 is 0. The molecule has 1 heterocycles. The SMILES string of the molecule is O=C1CC(NC(=O)c2cc(F)ccc2C#CCCO)CN1. The van der Waals surface area contributed by atoms with Crippen LogP contribution in [0.25, 0.3) is 0 Å². The van der Waals surface area contributed by atoms with Crippen LogP contribution in [0.1, 0.15) is 28.8 Å². The molecule has 1 fully saturated rings. The highest BCUT2D eigenvalue weighted by Gasteiger charge is 2.24. The van der Waals surface area contributed by atoms with E-state index < -0.39 is 11.7 Å². The third kappa shape index (κ3) is 4.04. The van der Waals surface area contributed by atoms with E-state index >= 15 is 0 Å². The maximum Gasteiger partial charge on any atom is 0.252 e. The lowest BCUT2D eigenvalue weighted by Crippen LogP contribution is -2.36. The lowest BCUT2D eigenvalue weighted by Gasteiger charge is -2.11. The first-order valence-corrected chi connectivity index (χ1v) is 6.57. The highest BCUT2D eigenvalue weighted by Crippen LogP contribution is 2.12. The van der Waals surface area contributed by atoms with Gasteiger partial charge in [-0.05, 0) is 18.2 Å². The lowest BCUT2D eigenvalue weighted by atomic mass is 10.1. The van der Waals surface area contributed by atoms with Crippen molar-refractivity contribution in [2.24, 2.45) is 0 Å². The largest absolute Gasteiger partial charge is 0.395 e. The third-order valence-electron chi connectivity index (χ3n) is 3.00. The van der Waals surface area contributed by atoms with E-state index in [0.717, 1.165) is 6.07 Å². The van der Waals surface area contributed by atoms with Gasteiger partial charge in [0.25, 0.3) is 5.91 Å². The van der Waals surface area contributed by atoms with Crippen molar-refractivity contribution in [2.75, 3.05) is 13.2 Å². The molecule has 0 spiro atoms. The predicted octanol–water partition coefficient (Wildman–Crippen LogP) is 0.178. The van der Waals surface area contributed by atoms with Gasteiger partial charge in [0.1, 0.15) is 5.82 Å². The zero-order valence-electron chi connectivity index (χ0n) is 11.3. The van der Waals surface area contributed by atoms with Crippen LogP contribution in [-0.4, -0.2) is 36.1 Å². The number of aliphatic hydroxyl groups excluding tert-OH is 1. The zero-order valence-corrected chi connectivity index (χ0v) is 11.3. The van der Waals surface area contributed by atoms with Gasteiger partial charge in [0.05, 0.1) is 18.2 Å². The normalized spacial score (nSPS) is 16.9. The minimum Gasteiger partial charge on any atom is -0.395 e. The minimum atomic E-state index is -0.534. The summed E-state index contributed by atoms with van der Waals surface area (Å²) in [6.07, 6.45) is 0.492. The minimum absolute atomic E-state index is 0.0778. The molecule has 6 heteroatoms. The van der Waals surface area contributed by atoms with Crippen LogP contribution in [0, 0.1) is 17.7 Å². The number of nitrogens with one attached hydrogen (secondary N) is 2. The van der Waals surface area contributed by atoms with Crippen molar-refractivity contribution < 1.29 is 19.1 Å². The Kier molecular flexibility index (Phi) is 4.90. The molecule has 0 aliphatic carbocycles. The highest BCUT2D eigenvalue weighted by atomic mass is 19.1. The van der Waals surface area contributed by atoms with Crippen molar-refractivity contribution in [1.29, 1.82) is 0 Å². The Morgan fingerprint density at radius 3 is 3.00 bits per heavy atom. The van der Waals surface area contributed by atoms with E-state index in [0.29, 0.717) is 12.1 Å². The Labute approximate surface area is 121 Å². The number of hydrogen-bond acceptors (Lipinski definition) is 3. The standard InChI is InChI=1S/C15H15FN2O3/c16-11-5-4-10(3-1-2-6-19)13(7-11)15(21)18-12-8-14(20)17-9-12/h4-5,7,12,19H,2,6,8-9H2,(H,17,20)(H,18,21). The van der Waals surface area contributed by atoms with Gasteiger partial charge < -0.3 is 15.7 Å². The Hall–Kier alpha value is -2.39. The molecule has 1 atom stereocenters. The molecule has 1 aliphatic rings. The number of rotatable bonds is 3. The van der Waals surface area contributed by atoms with E-state index in [1.54, 1.807) is 0 Å². The molecule has 1 unspecified atom stereocenters. The second kappa shape index (κ2) is 6.86. The van der Waals surface area contributed by atoms with E-state index in [1.807, 2.05) is 0 Å². The van der Waals surface area contributed by atoms with E-state index in [1.165, 1.54) is 12.1 Å². The topological polar surface area (TPSA) is 78.4 Å². The molecule has 0 saturated carbocycles. The van der Waals surface area contributed by atoms with Gasteiger partial charge in [-0.15, -0.1) is 0 Å². The number of amides is 2. The molecule has 1 aromatic carbocycles. The van der Waals surface area contributed by atoms with Crippen molar-refractivity contribution in [3.63, 3.8) is 0 Å². The Bertz CT molecular complexity index is 619.